The molecule has 2 fully saturated rings. The minimum Gasteiger partial charge on any atom is -0.482 e. The summed E-state index contributed by atoms with van der Waals surface area (Å²) in [6, 6.07) is 10.8. The number of pyridine rings is 2. The van der Waals surface area contributed by atoms with Crippen molar-refractivity contribution in [1.29, 1.82) is 0 Å². The Bertz CT molecular complexity index is 1370. The van der Waals surface area contributed by atoms with Crippen LogP contribution in [0.5, 0.6) is 11.6 Å². The van der Waals surface area contributed by atoms with E-state index in [1.54, 1.807) is 31.5 Å². The Morgan fingerprint density at radius 2 is 1.95 bits per heavy atom. The third-order valence-corrected chi connectivity index (χ3v) is 7.82. The quantitative estimate of drug-likeness (QED) is 0.546. The fourth-order valence-corrected chi connectivity index (χ4v) is 5.66. The van der Waals surface area contributed by atoms with E-state index in [9.17, 15) is 14.7 Å². The highest BCUT2D eigenvalue weighted by Gasteiger charge is 2.49. The van der Waals surface area contributed by atoms with Crippen LogP contribution in [0.3, 0.4) is 0 Å². The van der Waals surface area contributed by atoms with Crippen LogP contribution >= 0.6 is 0 Å². The average molecular weight is 504 g/mol. The second-order valence-corrected chi connectivity index (χ2v) is 9.95. The van der Waals surface area contributed by atoms with Gasteiger partial charge in [0.05, 0.1) is 35.5 Å². The van der Waals surface area contributed by atoms with Gasteiger partial charge in [0.15, 0.2) is 6.61 Å². The maximum absolute atomic E-state index is 13.7. The lowest BCUT2D eigenvalue weighted by Crippen LogP contribution is -2.45. The minimum absolute atomic E-state index is 0.00265. The van der Waals surface area contributed by atoms with E-state index in [0.717, 1.165) is 49.1 Å². The van der Waals surface area contributed by atoms with Crippen LogP contribution in [0.25, 0.3) is 11.0 Å². The van der Waals surface area contributed by atoms with Crippen molar-refractivity contribution in [2.75, 3.05) is 50.1 Å². The van der Waals surface area contributed by atoms with Gasteiger partial charge < -0.3 is 29.7 Å². The van der Waals surface area contributed by atoms with Gasteiger partial charge in [-0.05, 0) is 62.2 Å². The number of hydrogen-bond acceptors (Lipinski definition) is 8. The van der Waals surface area contributed by atoms with Crippen molar-refractivity contribution in [1.82, 2.24) is 14.9 Å². The lowest BCUT2D eigenvalue weighted by Gasteiger charge is -2.38. The molecule has 1 aromatic carbocycles. The number of ether oxygens (including phenoxy) is 2. The number of amides is 2. The summed E-state index contributed by atoms with van der Waals surface area (Å²) in [5, 5.41) is 13.7. The van der Waals surface area contributed by atoms with E-state index in [-0.39, 0.29) is 18.4 Å². The molecule has 3 aromatic rings. The summed E-state index contributed by atoms with van der Waals surface area (Å²) in [5.41, 5.74) is 3.07. The van der Waals surface area contributed by atoms with Crippen LogP contribution in [0.4, 0.5) is 11.4 Å². The minimum atomic E-state index is -0.710. The first kappa shape index (κ1) is 23.6. The predicted molar refractivity (Wildman–Crippen MR) is 137 cm³/mol. The fraction of sp³-hybridized carbons (Fsp3) is 0.407. The first-order chi connectivity index (χ1) is 18.0. The van der Waals surface area contributed by atoms with Gasteiger partial charge in [0.2, 0.25) is 11.8 Å². The summed E-state index contributed by atoms with van der Waals surface area (Å²) in [4.78, 5) is 38.4. The highest BCUT2D eigenvalue weighted by Crippen LogP contribution is 2.44. The number of benzene rings is 1. The number of piperidine rings is 1. The first-order valence-electron chi connectivity index (χ1n) is 12.5. The molecule has 192 valence electrons. The molecule has 0 bridgehead atoms. The summed E-state index contributed by atoms with van der Waals surface area (Å²) in [5.74, 6) is 1.03. The van der Waals surface area contributed by atoms with E-state index in [4.69, 9.17) is 9.47 Å². The smallest absolute Gasteiger partial charge is 0.262 e. The van der Waals surface area contributed by atoms with Crippen molar-refractivity contribution in [3.63, 3.8) is 0 Å². The van der Waals surface area contributed by atoms with Crippen LogP contribution in [-0.4, -0.2) is 71.7 Å². The van der Waals surface area contributed by atoms with Gasteiger partial charge in [-0.25, -0.2) is 4.98 Å². The van der Waals surface area contributed by atoms with Crippen LogP contribution in [-0.2, 0) is 9.59 Å². The Hall–Kier alpha value is -3.76. The number of nitrogens with zero attached hydrogens (tertiary/aromatic N) is 4. The average Bonchev–Trinajstić information content (AvgIpc) is 3.23. The molecule has 2 aromatic heterocycles. The van der Waals surface area contributed by atoms with Gasteiger partial charge in [0, 0.05) is 25.4 Å². The van der Waals surface area contributed by atoms with E-state index < -0.39 is 11.5 Å². The number of rotatable bonds is 5. The molecule has 2 amide bonds. The van der Waals surface area contributed by atoms with Gasteiger partial charge in [0.1, 0.15) is 11.3 Å². The molecule has 0 radical (unpaired) electrons. The van der Waals surface area contributed by atoms with E-state index in [1.165, 1.54) is 0 Å². The number of aliphatic hydroxyl groups is 1. The molecule has 6 rings (SSSR count). The summed E-state index contributed by atoms with van der Waals surface area (Å²) < 4.78 is 10.7. The molecule has 37 heavy (non-hydrogen) atoms. The predicted octanol–water partition coefficient (Wildman–Crippen LogP) is 2.52. The molecular weight excluding hydrogens is 474 g/mol. The van der Waals surface area contributed by atoms with Crippen LogP contribution in [0, 0.1) is 5.41 Å². The Labute approximate surface area is 214 Å². The summed E-state index contributed by atoms with van der Waals surface area (Å²) >= 11 is 0. The third kappa shape index (κ3) is 4.25. The maximum Gasteiger partial charge on any atom is 0.262 e. The number of β-amino-alcohol motifs (C(OH)–C–C–N with tert-alkyl or cyclic N) is 1. The Morgan fingerprint density at radius 1 is 1.14 bits per heavy atom. The van der Waals surface area contributed by atoms with Crippen molar-refractivity contribution in [2.24, 2.45) is 5.41 Å². The van der Waals surface area contributed by atoms with Crippen LogP contribution in [0.15, 0.2) is 42.6 Å². The molecule has 10 heteroatoms. The van der Waals surface area contributed by atoms with Crippen LogP contribution in [0.1, 0.15) is 30.9 Å². The first-order valence-corrected chi connectivity index (χ1v) is 12.5. The van der Waals surface area contributed by atoms with E-state index in [0.29, 0.717) is 35.9 Å². The molecule has 2 saturated heterocycles. The molecule has 1 atom stereocenters. The largest absolute Gasteiger partial charge is 0.482 e. The number of aromatic nitrogens is 2. The number of nitrogens with one attached hydrogen (secondary N) is 1. The lowest BCUT2D eigenvalue weighted by atomic mass is 9.77. The summed E-state index contributed by atoms with van der Waals surface area (Å²) in [6.45, 7) is 2.56. The number of fused-ring (bicyclic) bond motifs is 2. The van der Waals surface area contributed by atoms with Crippen molar-refractivity contribution in [2.45, 2.75) is 25.4 Å². The number of hydrogen-bond donors (Lipinski definition) is 2. The van der Waals surface area contributed by atoms with Gasteiger partial charge in [-0.15, -0.1) is 0 Å². The SMILES string of the molecule is COc1ccc2nccc(N3CCC4(CCN(C[C@H](O)c5ccc6c(c5)NC(=O)CO6)CC4)C3=O)c2n1. The Morgan fingerprint density at radius 3 is 2.76 bits per heavy atom. The molecule has 0 unspecified atom stereocenters. The van der Waals surface area contributed by atoms with Gasteiger partial charge in [-0.2, -0.15) is 0 Å². The Balaban J connectivity index is 1.13. The lowest BCUT2D eigenvalue weighted by molar-refractivity contribution is -0.128. The third-order valence-electron chi connectivity index (χ3n) is 7.82. The highest BCUT2D eigenvalue weighted by molar-refractivity contribution is 6.05. The number of carbonyl (C=O) groups excluding carboxylic acids is 2. The molecule has 0 aliphatic carbocycles. The van der Waals surface area contributed by atoms with E-state index >= 15 is 0 Å². The second-order valence-electron chi connectivity index (χ2n) is 9.95. The molecular formula is C27H29N5O5. The molecule has 1 spiro atoms. The van der Waals surface area contributed by atoms with Crippen molar-refractivity contribution in [3.8, 4) is 11.6 Å². The fourth-order valence-electron chi connectivity index (χ4n) is 5.66. The molecule has 0 saturated carbocycles. The normalized spacial score (nSPS) is 20.0. The highest BCUT2D eigenvalue weighted by atomic mass is 16.5. The number of methoxy groups -OCH3 is 1. The topological polar surface area (TPSA) is 117 Å². The molecule has 2 N–H and O–H groups in total. The number of aliphatic hydroxyl groups excluding tert-OH is 1. The molecule has 10 nitrogen and oxygen atoms in total. The monoisotopic (exact) mass is 503 g/mol. The molecule has 3 aliphatic rings. The number of anilines is 2. The van der Waals surface area contributed by atoms with Crippen LogP contribution < -0.4 is 19.7 Å². The Kier molecular flexibility index (Phi) is 5.92. The van der Waals surface area contributed by atoms with Crippen molar-refractivity contribution >= 4 is 34.2 Å². The summed E-state index contributed by atoms with van der Waals surface area (Å²) in [7, 11) is 1.57. The van der Waals surface area contributed by atoms with Crippen LogP contribution in [0.2, 0.25) is 0 Å². The molecule has 5 heterocycles. The second kappa shape index (κ2) is 9.28. The van der Waals surface area contributed by atoms with Crippen molar-refractivity contribution in [3.05, 3.63) is 48.2 Å². The van der Waals surface area contributed by atoms with Crippen molar-refractivity contribution < 1.29 is 24.2 Å². The van der Waals surface area contributed by atoms with Gasteiger partial charge in [0.25, 0.3) is 5.91 Å². The van der Waals surface area contributed by atoms with Gasteiger partial charge in [-0.1, -0.05) is 6.07 Å². The molecule has 3 aliphatic heterocycles. The number of likely N-dealkylation sites (tertiary alicyclic amines) is 1. The zero-order valence-electron chi connectivity index (χ0n) is 20.6. The number of carbonyl (C=O) groups is 2. The summed E-state index contributed by atoms with van der Waals surface area (Å²) in [6.07, 6.45) is 3.27. The van der Waals surface area contributed by atoms with Gasteiger partial charge >= 0.3 is 0 Å². The van der Waals surface area contributed by atoms with E-state index in [2.05, 4.69) is 20.2 Å². The van der Waals surface area contributed by atoms with E-state index in [1.807, 2.05) is 23.1 Å². The maximum atomic E-state index is 13.7. The van der Waals surface area contributed by atoms with Gasteiger partial charge in [-0.3, -0.25) is 14.6 Å². The zero-order valence-corrected chi connectivity index (χ0v) is 20.6. The zero-order chi connectivity index (χ0) is 25.6. The standard InChI is InChI=1S/C27H29N5O5/c1-36-24-5-3-18-25(30-24)20(6-10-28-18)32-13-9-27(26(32)35)7-11-31(12-8-27)15-21(33)17-2-4-22-19(14-17)29-23(34)16-37-22/h2-6,10,14,21,33H,7-9,11-13,15-16H2,1H3,(H,29,34)/t21-/m0/s1.